The van der Waals surface area contributed by atoms with E-state index in [2.05, 4.69) is 51.0 Å². The molecular weight excluding hydrogens is 370 g/mol. The van der Waals surface area contributed by atoms with Gasteiger partial charge in [0.2, 0.25) is 11.9 Å². The molecule has 2 aromatic heterocycles. The fourth-order valence-corrected chi connectivity index (χ4v) is 3.76. The first-order chi connectivity index (χ1) is 13.6. The van der Waals surface area contributed by atoms with E-state index >= 15 is 0 Å². The van der Waals surface area contributed by atoms with Gasteiger partial charge in [-0.1, -0.05) is 41.6 Å². The van der Waals surface area contributed by atoms with Crippen LogP contribution in [0.5, 0.6) is 0 Å². The van der Waals surface area contributed by atoms with E-state index in [9.17, 15) is 4.79 Å². The van der Waals surface area contributed by atoms with Gasteiger partial charge in [-0.25, -0.2) is 15.0 Å². The normalized spacial score (nSPS) is 12.1. The van der Waals surface area contributed by atoms with Gasteiger partial charge >= 0.3 is 0 Å². The minimum atomic E-state index is -0.371. The molecule has 0 radical (unpaired) electrons. The Hall–Kier alpha value is -3.19. The van der Waals surface area contributed by atoms with Crippen molar-refractivity contribution in [2.75, 3.05) is 5.32 Å². The highest BCUT2D eigenvalue weighted by molar-refractivity contribution is 8.00. The monoisotopic (exact) mass is 389 g/mol. The van der Waals surface area contributed by atoms with Gasteiger partial charge in [-0.3, -0.25) is 14.7 Å². The second-order valence-corrected chi connectivity index (χ2v) is 7.68. The molecular formula is C21H19N5OS. The Kier molecular flexibility index (Phi) is 5.08. The summed E-state index contributed by atoms with van der Waals surface area (Å²) in [6.45, 7) is 3.91. The number of hydrogen-bond donors (Lipinski definition) is 1. The number of thioether (sulfide) groups is 1. The molecule has 6 nitrogen and oxygen atoms in total. The van der Waals surface area contributed by atoms with Crippen LogP contribution < -0.4 is 5.32 Å². The number of carbonyl (C=O) groups excluding carboxylic acids is 1. The number of nitrogens with zero attached hydrogens (tertiary/aromatic N) is 4. The van der Waals surface area contributed by atoms with Gasteiger partial charge < -0.3 is 0 Å². The molecule has 28 heavy (non-hydrogen) atoms. The number of carbonyl (C=O) groups is 1. The van der Waals surface area contributed by atoms with Gasteiger partial charge in [0, 0.05) is 18.1 Å². The van der Waals surface area contributed by atoms with E-state index in [1.54, 1.807) is 18.5 Å². The number of nitrogens with one attached hydrogen (secondary N) is 1. The third-order valence-electron chi connectivity index (χ3n) is 4.27. The SMILES string of the molecule is Cc1ccc(-n2c(SC(C)C(=O)Nc3ncccn3)nc3ccccc32)cc1. The number of aromatic nitrogens is 4. The van der Waals surface area contributed by atoms with E-state index < -0.39 is 0 Å². The van der Waals surface area contributed by atoms with E-state index in [1.165, 1.54) is 17.3 Å². The van der Waals surface area contributed by atoms with Crippen LogP contribution in [0.2, 0.25) is 0 Å². The zero-order valence-electron chi connectivity index (χ0n) is 15.5. The van der Waals surface area contributed by atoms with Gasteiger partial charge in [-0.15, -0.1) is 0 Å². The third-order valence-corrected chi connectivity index (χ3v) is 5.33. The third kappa shape index (κ3) is 3.75. The molecule has 1 atom stereocenters. The largest absolute Gasteiger partial charge is 0.294 e. The van der Waals surface area contributed by atoms with Crippen LogP contribution in [-0.2, 0) is 4.79 Å². The van der Waals surface area contributed by atoms with Gasteiger partial charge in [0.15, 0.2) is 5.16 Å². The van der Waals surface area contributed by atoms with E-state index in [0.717, 1.165) is 21.9 Å². The smallest absolute Gasteiger partial charge is 0.240 e. The van der Waals surface area contributed by atoms with Crippen LogP contribution in [0.3, 0.4) is 0 Å². The van der Waals surface area contributed by atoms with Crippen LogP contribution in [0.4, 0.5) is 5.95 Å². The highest BCUT2D eigenvalue weighted by Crippen LogP contribution is 2.30. The first-order valence-electron chi connectivity index (χ1n) is 8.91. The molecule has 4 aromatic rings. The number of anilines is 1. The molecule has 140 valence electrons. The summed E-state index contributed by atoms with van der Waals surface area (Å²) < 4.78 is 2.09. The highest BCUT2D eigenvalue weighted by atomic mass is 32.2. The Morgan fingerprint density at radius 1 is 1.04 bits per heavy atom. The zero-order valence-corrected chi connectivity index (χ0v) is 16.4. The Morgan fingerprint density at radius 2 is 1.75 bits per heavy atom. The molecule has 2 heterocycles. The lowest BCUT2D eigenvalue weighted by Gasteiger charge is -2.13. The number of rotatable bonds is 5. The zero-order chi connectivity index (χ0) is 19.5. The maximum atomic E-state index is 12.6. The molecule has 0 spiro atoms. The molecule has 1 unspecified atom stereocenters. The molecule has 0 saturated heterocycles. The van der Waals surface area contributed by atoms with Crippen LogP contribution in [0.1, 0.15) is 12.5 Å². The van der Waals surface area contributed by atoms with Crippen molar-refractivity contribution in [3.63, 3.8) is 0 Å². The number of aryl methyl sites for hydroxylation is 1. The van der Waals surface area contributed by atoms with Crippen LogP contribution in [0.25, 0.3) is 16.7 Å². The molecule has 2 aromatic carbocycles. The van der Waals surface area contributed by atoms with Crippen molar-refractivity contribution >= 4 is 34.7 Å². The van der Waals surface area contributed by atoms with Crippen molar-refractivity contribution in [3.8, 4) is 5.69 Å². The minimum absolute atomic E-state index is 0.168. The second kappa shape index (κ2) is 7.82. The number of hydrogen-bond acceptors (Lipinski definition) is 5. The van der Waals surface area contributed by atoms with E-state index in [1.807, 2.05) is 31.2 Å². The van der Waals surface area contributed by atoms with Crippen molar-refractivity contribution in [1.82, 2.24) is 19.5 Å². The predicted molar refractivity (Wildman–Crippen MR) is 112 cm³/mol. The van der Waals surface area contributed by atoms with Gasteiger partial charge in [0.1, 0.15) is 0 Å². The summed E-state index contributed by atoms with van der Waals surface area (Å²) in [5.41, 5.74) is 4.11. The standard InChI is InChI=1S/C21H19N5OS/c1-14-8-10-16(11-9-14)26-18-7-4-3-6-17(18)24-21(26)28-15(2)19(27)25-20-22-12-5-13-23-20/h3-13,15H,1-2H3,(H,22,23,25,27). The Morgan fingerprint density at radius 3 is 2.50 bits per heavy atom. The van der Waals surface area contributed by atoms with Crippen molar-refractivity contribution < 1.29 is 4.79 Å². The van der Waals surface area contributed by atoms with Gasteiger partial charge in [-0.2, -0.15) is 0 Å². The van der Waals surface area contributed by atoms with Crippen molar-refractivity contribution in [1.29, 1.82) is 0 Å². The summed E-state index contributed by atoms with van der Waals surface area (Å²) >= 11 is 1.41. The molecule has 0 fully saturated rings. The number of imidazole rings is 1. The maximum Gasteiger partial charge on any atom is 0.240 e. The fourth-order valence-electron chi connectivity index (χ4n) is 2.81. The lowest BCUT2D eigenvalue weighted by atomic mass is 10.2. The van der Waals surface area contributed by atoms with Crippen LogP contribution in [0, 0.1) is 6.92 Å². The summed E-state index contributed by atoms with van der Waals surface area (Å²) in [6, 6.07) is 18.0. The average Bonchev–Trinajstić information content (AvgIpc) is 3.07. The van der Waals surface area contributed by atoms with Gasteiger partial charge in [-0.05, 0) is 44.2 Å². The molecule has 0 bridgehead atoms. The summed E-state index contributed by atoms with van der Waals surface area (Å²) in [5.74, 6) is 0.130. The summed E-state index contributed by atoms with van der Waals surface area (Å²) in [5, 5.41) is 3.14. The maximum absolute atomic E-state index is 12.6. The number of para-hydroxylation sites is 2. The highest BCUT2D eigenvalue weighted by Gasteiger charge is 2.21. The molecule has 1 N–H and O–H groups in total. The summed E-state index contributed by atoms with van der Waals surface area (Å²) in [7, 11) is 0. The number of amides is 1. The summed E-state index contributed by atoms with van der Waals surface area (Å²) in [4.78, 5) is 25.4. The van der Waals surface area contributed by atoms with E-state index in [-0.39, 0.29) is 11.2 Å². The van der Waals surface area contributed by atoms with Crippen LogP contribution in [0.15, 0.2) is 72.1 Å². The molecule has 0 saturated carbocycles. The molecule has 0 aliphatic rings. The fraction of sp³-hybridized carbons (Fsp3) is 0.143. The lowest BCUT2D eigenvalue weighted by molar-refractivity contribution is -0.115. The molecule has 0 aliphatic carbocycles. The van der Waals surface area contributed by atoms with E-state index in [0.29, 0.717) is 5.95 Å². The van der Waals surface area contributed by atoms with Crippen molar-refractivity contribution in [3.05, 3.63) is 72.6 Å². The second-order valence-electron chi connectivity index (χ2n) is 6.38. The Balaban J connectivity index is 1.65. The van der Waals surface area contributed by atoms with Crippen LogP contribution >= 0.6 is 11.8 Å². The first-order valence-corrected chi connectivity index (χ1v) is 9.79. The lowest BCUT2D eigenvalue weighted by Crippen LogP contribution is -2.24. The molecule has 0 aliphatic heterocycles. The minimum Gasteiger partial charge on any atom is -0.294 e. The number of benzene rings is 2. The topological polar surface area (TPSA) is 72.7 Å². The quantitative estimate of drug-likeness (QED) is 0.517. The van der Waals surface area contributed by atoms with Gasteiger partial charge in [0.25, 0.3) is 0 Å². The first kappa shape index (κ1) is 18.2. The average molecular weight is 389 g/mol. The summed E-state index contributed by atoms with van der Waals surface area (Å²) in [6.07, 6.45) is 3.19. The molecule has 4 rings (SSSR count). The van der Waals surface area contributed by atoms with Crippen molar-refractivity contribution in [2.24, 2.45) is 0 Å². The Bertz CT molecular complexity index is 1110. The molecule has 1 amide bonds. The molecule has 7 heteroatoms. The van der Waals surface area contributed by atoms with Crippen molar-refractivity contribution in [2.45, 2.75) is 24.3 Å². The van der Waals surface area contributed by atoms with Crippen LogP contribution in [-0.4, -0.2) is 30.7 Å². The van der Waals surface area contributed by atoms with E-state index in [4.69, 9.17) is 4.98 Å². The predicted octanol–water partition coefficient (Wildman–Crippen LogP) is 4.24. The Labute approximate surface area is 167 Å². The van der Waals surface area contributed by atoms with Gasteiger partial charge in [0.05, 0.1) is 16.3 Å². The number of fused-ring (bicyclic) bond motifs is 1.